The van der Waals surface area contributed by atoms with Crippen molar-refractivity contribution < 1.29 is 4.79 Å². The molecule has 1 atom stereocenters. The summed E-state index contributed by atoms with van der Waals surface area (Å²) in [7, 11) is 0. The molecule has 0 spiro atoms. The van der Waals surface area contributed by atoms with Crippen molar-refractivity contribution >= 4 is 11.7 Å². The maximum absolute atomic E-state index is 12.9. The molecule has 1 aromatic carbocycles. The molecule has 7 nitrogen and oxygen atoms in total. The highest BCUT2D eigenvalue weighted by Crippen LogP contribution is 2.33. The van der Waals surface area contributed by atoms with E-state index in [9.17, 15) is 4.79 Å². The number of piperidine rings is 1. The van der Waals surface area contributed by atoms with Crippen LogP contribution in [0.2, 0.25) is 0 Å². The number of anilines is 1. The van der Waals surface area contributed by atoms with Gasteiger partial charge >= 0.3 is 0 Å². The van der Waals surface area contributed by atoms with Gasteiger partial charge in [-0.25, -0.2) is 9.97 Å². The Kier molecular flexibility index (Phi) is 6.05. The van der Waals surface area contributed by atoms with Crippen LogP contribution in [0.25, 0.3) is 11.4 Å². The van der Waals surface area contributed by atoms with E-state index in [1.165, 1.54) is 11.3 Å². The second-order valence-electron chi connectivity index (χ2n) is 8.54. The fourth-order valence-electron chi connectivity index (χ4n) is 4.69. The largest absolute Gasteiger partial charge is 0.355 e. The van der Waals surface area contributed by atoms with E-state index in [1.54, 1.807) is 18.6 Å². The van der Waals surface area contributed by atoms with Crippen molar-refractivity contribution in [2.45, 2.75) is 38.5 Å². The second kappa shape index (κ2) is 9.42. The van der Waals surface area contributed by atoms with E-state index in [-0.39, 0.29) is 11.8 Å². The lowest BCUT2D eigenvalue weighted by atomic mass is 9.96. The number of fused-ring (bicyclic) bond motifs is 1. The summed E-state index contributed by atoms with van der Waals surface area (Å²) >= 11 is 0. The molecule has 2 aliphatic rings. The van der Waals surface area contributed by atoms with Crippen molar-refractivity contribution in [3.63, 3.8) is 0 Å². The summed E-state index contributed by atoms with van der Waals surface area (Å²) in [5.41, 5.74) is 4.37. The van der Waals surface area contributed by atoms with Crippen molar-refractivity contribution in [1.29, 1.82) is 0 Å². The van der Waals surface area contributed by atoms with Crippen LogP contribution in [0, 0.1) is 5.92 Å². The van der Waals surface area contributed by atoms with Gasteiger partial charge in [0.1, 0.15) is 5.82 Å². The van der Waals surface area contributed by atoms with Crippen LogP contribution in [-0.2, 0) is 24.1 Å². The molecule has 1 amide bonds. The number of benzene rings is 1. The zero-order chi connectivity index (χ0) is 21.8. The van der Waals surface area contributed by atoms with Crippen LogP contribution in [0.15, 0.2) is 48.9 Å². The lowest BCUT2D eigenvalue weighted by molar-refractivity contribution is -0.125. The lowest BCUT2D eigenvalue weighted by Crippen LogP contribution is -2.44. The van der Waals surface area contributed by atoms with Crippen LogP contribution in [0.5, 0.6) is 0 Å². The van der Waals surface area contributed by atoms with E-state index in [4.69, 9.17) is 9.97 Å². The van der Waals surface area contributed by atoms with Crippen molar-refractivity contribution in [3.05, 3.63) is 65.9 Å². The molecule has 1 aliphatic heterocycles. The highest BCUT2D eigenvalue weighted by atomic mass is 16.1. The van der Waals surface area contributed by atoms with E-state index in [2.05, 4.69) is 32.3 Å². The molecular formula is C25H28N6O. The van der Waals surface area contributed by atoms with Crippen LogP contribution >= 0.6 is 0 Å². The smallest absolute Gasteiger partial charge is 0.224 e. The highest BCUT2D eigenvalue weighted by molar-refractivity contribution is 5.79. The Bertz CT molecular complexity index is 1070. The SMILES string of the molecule is O=C(NCCc1cnccn1)[C@H]1CCCN(c2nc(-c3ccccc3)nc3c2CCC3)C1. The van der Waals surface area contributed by atoms with Gasteiger partial charge in [-0.3, -0.25) is 14.8 Å². The van der Waals surface area contributed by atoms with E-state index < -0.39 is 0 Å². The number of amides is 1. The summed E-state index contributed by atoms with van der Waals surface area (Å²) in [5, 5.41) is 3.10. The third kappa shape index (κ3) is 4.47. The molecule has 3 aromatic rings. The Balaban J connectivity index is 1.30. The van der Waals surface area contributed by atoms with Crippen LogP contribution in [0.4, 0.5) is 5.82 Å². The molecule has 5 rings (SSSR count). The molecule has 1 aliphatic carbocycles. The Morgan fingerprint density at radius 1 is 1.09 bits per heavy atom. The fraction of sp³-hybridized carbons (Fsp3) is 0.400. The Morgan fingerprint density at radius 3 is 2.84 bits per heavy atom. The number of hydrogen-bond donors (Lipinski definition) is 1. The zero-order valence-electron chi connectivity index (χ0n) is 18.2. The first-order chi connectivity index (χ1) is 15.8. The van der Waals surface area contributed by atoms with Crippen LogP contribution in [0.1, 0.15) is 36.2 Å². The van der Waals surface area contributed by atoms with Crippen LogP contribution in [-0.4, -0.2) is 45.5 Å². The van der Waals surface area contributed by atoms with Crippen molar-refractivity contribution in [2.24, 2.45) is 5.92 Å². The number of carbonyl (C=O) groups excluding carboxylic acids is 1. The molecule has 2 aromatic heterocycles. The first-order valence-corrected chi connectivity index (χ1v) is 11.5. The van der Waals surface area contributed by atoms with Crippen LogP contribution in [0.3, 0.4) is 0 Å². The number of rotatable bonds is 6. The Hall–Kier alpha value is -3.35. The first kappa shape index (κ1) is 20.5. The van der Waals surface area contributed by atoms with Gasteiger partial charge in [0.15, 0.2) is 5.82 Å². The standard InChI is InChI=1S/C25H28N6O/c32-25(28-12-11-20-16-26-13-14-27-20)19-8-5-15-31(17-19)24-21-9-4-10-22(21)29-23(30-24)18-6-2-1-3-7-18/h1-3,6-7,13-14,16,19H,4-5,8-12,15,17H2,(H,28,32)/t19-/m0/s1. The van der Waals surface area contributed by atoms with Gasteiger partial charge < -0.3 is 10.2 Å². The van der Waals surface area contributed by atoms with Gasteiger partial charge in [0.05, 0.1) is 11.6 Å². The minimum Gasteiger partial charge on any atom is -0.355 e. The quantitative estimate of drug-likeness (QED) is 0.650. The second-order valence-corrected chi connectivity index (χ2v) is 8.54. The summed E-state index contributed by atoms with van der Waals surface area (Å²) in [6, 6.07) is 10.2. The number of aromatic nitrogens is 4. The Labute approximate surface area is 188 Å². The van der Waals surface area contributed by atoms with Gasteiger partial charge in [-0.05, 0) is 32.1 Å². The summed E-state index contributed by atoms with van der Waals surface area (Å²) in [6.45, 7) is 2.21. The summed E-state index contributed by atoms with van der Waals surface area (Å²) < 4.78 is 0. The van der Waals surface area contributed by atoms with E-state index in [0.717, 1.165) is 61.5 Å². The minimum absolute atomic E-state index is 0.0298. The molecule has 1 N–H and O–H groups in total. The average molecular weight is 429 g/mol. The van der Waals surface area contributed by atoms with Gasteiger partial charge in [0, 0.05) is 61.5 Å². The van der Waals surface area contributed by atoms with Gasteiger partial charge in [-0.1, -0.05) is 30.3 Å². The predicted molar refractivity (Wildman–Crippen MR) is 123 cm³/mol. The van der Waals surface area contributed by atoms with Crippen molar-refractivity contribution in [3.8, 4) is 11.4 Å². The summed E-state index contributed by atoms with van der Waals surface area (Å²) in [6.07, 6.45) is 10.8. The van der Waals surface area contributed by atoms with E-state index in [0.29, 0.717) is 19.5 Å². The maximum Gasteiger partial charge on any atom is 0.224 e. The number of nitrogens with one attached hydrogen (secondary N) is 1. The number of nitrogens with zero attached hydrogens (tertiary/aromatic N) is 5. The van der Waals surface area contributed by atoms with Gasteiger partial charge in [0.25, 0.3) is 0 Å². The molecule has 1 saturated heterocycles. The maximum atomic E-state index is 12.9. The number of hydrogen-bond acceptors (Lipinski definition) is 6. The van der Waals surface area contributed by atoms with Gasteiger partial charge in [-0.2, -0.15) is 0 Å². The number of aryl methyl sites for hydroxylation is 1. The predicted octanol–water partition coefficient (Wildman–Crippen LogP) is 3.00. The summed E-state index contributed by atoms with van der Waals surface area (Å²) in [4.78, 5) is 33.4. The monoisotopic (exact) mass is 428 g/mol. The minimum atomic E-state index is -0.0298. The van der Waals surface area contributed by atoms with E-state index in [1.807, 2.05) is 18.2 Å². The van der Waals surface area contributed by atoms with Gasteiger partial charge in [0.2, 0.25) is 5.91 Å². The topological polar surface area (TPSA) is 83.9 Å². The average Bonchev–Trinajstić information content (AvgIpc) is 3.33. The lowest BCUT2D eigenvalue weighted by Gasteiger charge is -2.34. The molecule has 0 radical (unpaired) electrons. The highest BCUT2D eigenvalue weighted by Gasteiger charge is 2.30. The fourth-order valence-corrected chi connectivity index (χ4v) is 4.69. The molecule has 164 valence electrons. The molecule has 0 saturated carbocycles. The molecular weight excluding hydrogens is 400 g/mol. The third-order valence-corrected chi connectivity index (χ3v) is 6.33. The summed E-state index contributed by atoms with van der Waals surface area (Å²) in [5.74, 6) is 1.91. The zero-order valence-corrected chi connectivity index (χ0v) is 18.2. The van der Waals surface area contributed by atoms with Crippen LogP contribution < -0.4 is 10.2 Å². The number of carbonyl (C=O) groups is 1. The molecule has 0 bridgehead atoms. The normalized spacial score (nSPS) is 17.8. The first-order valence-electron chi connectivity index (χ1n) is 11.5. The molecule has 3 heterocycles. The van der Waals surface area contributed by atoms with E-state index >= 15 is 0 Å². The third-order valence-electron chi connectivity index (χ3n) is 6.33. The molecule has 0 unspecified atom stereocenters. The Morgan fingerprint density at radius 2 is 2.00 bits per heavy atom. The van der Waals surface area contributed by atoms with Crippen molar-refractivity contribution in [1.82, 2.24) is 25.3 Å². The molecule has 1 fully saturated rings. The van der Waals surface area contributed by atoms with Gasteiger partial charge in [-0.15, -0.1) is 0 Å². The molecule has 7 heteroatoms. The van der Waals surface area contributed by atoms with Crippen molar-refractivity contribution in [2.75, 3.05) is 24.5 Å². The molecule has 32 heavy (non-hydrogen) atoms.